The molecule has 1 N–H and O–H groups in total. The van der Waals surface area contributed by atoms with Gasteiger partial charge < -0.3 is 19.5 Å². The minimum atomic E-state index is -0.586. The molecule has 2 heterocycles. The highest BCUT2D eigenvalue weighted by atomic mass is 19.1. The van der Waals surface area contributed by atoms with Gasteiger partial charge in [-0.25, -0.2) is 9.37 Å². The Balaban J connectivity index is 1.55. The maximum absolute atomic E-state index is 13.7. The molecule has 4 rings (SSSR count). The summed E-state index contributed by atoms with van der Waals surface area (Å²) >= 11 is 0. The SMILES string of the molecule is O=C(NC1CCCCC1)c1cc(F)cnc1Oc1ccc2c(c1)OCO2. The van der Waals surface area contributed by atoms with E-state index in [4.69, 9.17) is 14.2 Å². The summed E-state index contributed by atoms with van der Waals surface area (Å²) in [7, 11) is 0. The number of carbonyl (C=O) groups is 1. The van der Waals surface area contributed by atoms with Crippen LogP contribution < -0.4 is 19.5 Å². The Bertz CT molecular complexity index is 821. The molecule has 136 valence electrons. The zero-order chi connectivity index (χ0) is 17.9. The summed E-state index contributed by atoms with van der Waals surface area (Å²) in [4.78, 5) is 16.6. The Morgan fingerprint density at radius 2 is 1.96 bits per heavy atom. The molecule has 1 fully saturated rings. The second kappa shape index (κ2) is 7.19. The molecular formula is C19H19FN2O4. The van der Waals surface area contributed by atoms with Gasteiger partial charge in [-0.05, 0) is 31.0 Å². The van der Waals surface area contributed by atoms with Crippen molar-refractivity contribution in [2.24, 2.45) is 0 Å². The third kappa shape index (κ3) is 3.56. The van der Waals surface area contributed by atoms with Crippen molar-refractivity contribution in [1.29, 1.82) is 0 Å². The van der Waals surface area contributed by atoms with Crippen LogP contribution in [0.25, 0.3) is 0 Å². The number of hydrogen-bond acceptors (Lipinski definition) is 5. The number of amides is 1. The van der Waals surface area contributed by atoms with Crippen LogP contribution in [0.3, 0.4) is 0 Å². The molecule has 0 atom stereocenters. The van der Waals surface area contributed by atoms with Crippen molar-refractivity contribution in [2.45, 2.75) is 38.1 Å². The van der Waals surface area contributed by atoms with Crippen LogP contribution in [0, 0.1) is 5.82 Å². The van der Waals surface area contributed by atoms with E-state index in [0.717, 1.165) is 37.9 Å². The molecule has 0 saturated heterocycles. The van der Waals surface area contributed by atoms with Crippen molar-refractivity contribution in [2.75, 3.05) is 6.79 Å². The first-order valence-electron chi connectivity index (χ1n) is 8.73. The summed E-state index contributed by atoms with van der Waals surface area (Å²) in [5.41, 5.74) is 0.0771. The van der Waals surface area contributed by atoms with Crippen molar-refractivity contribution in [3.05, 3.63) is 41.8 Å². The van der Waals surface area contributed by atoms with Crippen LogP contribution in [0.4, 0.5) is 4.39 Å². The monoisotopic (exact) mass is 358 g/mol. The Kier molecular flexibility index (Phi) is 4.60. The van der Waals surface area contributed by atoms with Crippen LogP contribution in [-0.4, -0.2) is 23.7 Å². The van der Waals surface area contributed by atoms with Crippen LogP contribution in [0.5, 0.6) is 23.1 Å². The molecule has 0 radical (unpaired) electrons. The molecular weight excluding hydrogens is 339 g/mol. The molecule has 1 aliphatic heterocycles. The van der Waals surface area contributed by atoms with Gasteiger partial charge in [-0.1, -0.05) is 19.3 Å². The topological polar surface area (TPSA) is 69.7 Å². The summed E-state index contributed by atoms with van der Waals surface area (Å²) in [6.07, 6.45) is 6.27. The highest BCUT2D eigenvalue weighted by molar-refractivity contribution is 5.96. The molecule has 1 amide bonds. The zero-order valence-corrected chi connectivity index (χ0v) is 14.2. The summed E-state index contributed by atoms with van der Waals surface area (Å²) in [5.74, 6) is 0.702. The minimum Gasteiger partial charge on any atom is -0.454 e. The number of nitrogens with one attached hydrogen (secondary N) is 1. The van der Waals surface area contributed by atoms with E-state index in [1.54, 1.807) is 18.2 Å². The third-order valence-corrected chi connectivity index (χ3v) is 4.56. The van der Waals surface area contributed by atoms with Gasteiger partial charge in [-0.3, -0.25) is 4.79 Å². The van der Waals surface area contributed by atoms with Gasteiger partial charge in [0.2, 0.25) is 12.7 Å². The molecule has 1 aromatic carbocycles. The number of carbonyl (C=O) groups excluding carboxylic acids is 1. The maximum Gasteiger partial charge on any atom is 0.257 e. The second-order valence-electron chi connectivity index (χ2n) is 6.43. The van der Waals surface area contributed by atoms with Crippen molar-refractivity contribution in [3.8, 4) is 23.1 Å². The van der Waals surface area contributed by atoms with Gasteiger partial charge in [0.25, 0.3) is 5.91 Å². The average molecular weight is 358 g/mol. The Hall–Kier alpha value is -2.83. The smallest absolute Gasteiger partial charge is 0.257 e. The van der Waals surface area contributed by atoms with Crippen LogP contribution in [-0.2, 0) is 0 Å². The molecule has 0 unspecified atom stereocenters. The first kappa shape index (κ1) is 16.6. The van der Waals surface area contributed by atoms with Gasteiger partial charge in [-0.15, -0.1) is 0 Å². The van der Waals surface area contributed by atoms with E-state index in [1.165, 1.54) is 6.42 Å². The normalized spacial score (nSPS) is 16.3. The number of fused-ring (bicyclic) bond motifs is 1. The van der Waals surface area contributed by atoms with Crippen LogP contribution in [0.1, 0.15) is 42.5 Å². The van der Waals surface area contributed by atoms with Crippen LogP contribution in [0.2, 0.25) is 0 Å². The number of rotatable bonds is 4. The van der Waals surface area contributed by atoms with Gasteiger partial charge in [0, 0.05) is 12.1 Å². The largest absolute Gasteiger partial charge is 0.454 e. The number of benzene rings is 1. The fraction of sp³-hybridized carbons (Fsp3) is 0.368. The van der Waals surface area contributed by atoms with Crippen LogP contribution in [0.15, 0.2) is 30.5 Å². The van der Waals surface area contributed by atoms with E-state index < -0.39 is 5.82 Å². The van der Waals surface area contributed by atoms with Crippen molar-refractivity contribution in [3.63, 3.8) is 0 Å². The lowest BCUT2D eigenvalue weighted by Crippen LogP contribution is -2.36. The summed E-state index contributed by atoms with van der Waals surface area (Å²) in [6.45, 7) is 0.155. The average Bonchev–Trinajstić information content (AvgIpc) is 3.12. The molecule has 6 nitrogen and oxygen atoms in total. The van der Waals surface area contributed by atoms with Gasteiger partial charge >= 0.3 is 0 Å². The fourth-order valence-electron chi connectivity index (χ4n) is 3.23. The predicted octanol–water partition coefficient (Wildman–Crippen LogP) is 3.80. The highest BCUT2D eigenvalue weighted by Crippen LogP contribution is 2.36. The van der Waals surface area contributed by atoms with Gasteiger partial charge in [0.15, 0.2) is 11.5 Å². The Labute approximate surface area is 150 Å². The maximum atomic E-state index is 13.7. The van der Waals surface area contributed by atoms with E-state index in [9.17, 15) is 9.18 Å². The minimum absolute atomic E-state index is 0.0542. The number of pyridine rings is 1. The van der Waals surface area contributed by atoms with E-state index in [2.05, 4.69) is 10.3 Å². The first-order chi connectivity index (χ1) is 12.7. The van der Waals surface area contributed by atoms with E-state index in [1.807, 2.05) is 0 Å². The summed E-state index contributed by atoms with van der Waals surface area (Å²) in [5, 5.41) is 2.96. The molecule has 1 saturated carbocycles. The summed E-state index contributed by atoms with van der Waals surface area (Å²) < 4.78 is 30.0. The first-order valence-corrected chi connectivity index (χ1v) is 8.73. The molecule has 0 spiro atoms. The Morgan fingerprint density at radius 3 is 2.81 bits per heavy atom. The van der Waals surface area contributed by atoms with Gasteiger partial charge in [0.05, 0.1) is 6.20 Å². The second-order valence-corrected chi connectivity index (χ2v) is 6.43. The number of hydrogen-bond donors (Lipinski definition) is 1. The number of nitrogens with zero attached hydrogens (tertiary/aromatic N) is 1. The third-order valence-electron chi connectivity index (χ3n) is 4.56. The summed E-state index contributed by atoms with van der Waals surface area (Å²) in [6, 6.07) is 6.30. The Morgan fingerprint density at radius 1 is 1.15 bits per heavy atom. The van der Waals surface area contributed by atoms with Crippen LogP contribution >= 0.6 is 0 Å². The fourth-order valence-corrected chi connectivity index (χ4v) is 3.23. The quantitative estimate of drug-likeness (QED) is 0.900. The van der Waals surface area contributed by atoms with E-state index in [0.29, 0.717) is 17.2 Å². The lowest BCUT2D eigenvalue weighted by molar-refractivity contribution is 0.0924. The lowest BCUT2D eigenvalue weighted by atomic mass is 9.95. The number of halogens is 1. The standard InChI is InChI=1S/C19H19FN2O4/c20-12-8-15(18(23)22-13-4-2-1-3-5-13)19(21-10-12)26-14-6-7-16-17(9-14)25-11-24-16/h6-10,13H,1-5,11H2,(H,22,23). The van der Waals surface area contributed by atoms with E-state index >= 15 is 0 Å². The molecule has 2 aliphatic rings. The number of aromatic nitrogens is 1. The van der Waals surface area contributed by atoms with Crippen molar-refractivity contribution in [1.82, 2.24) is 10.3 Å². The lowest BCUT2D eigenvalue weighted by Gasteiger charge is -2.23. The van der Waals surface area contributed by atoms with Gasteiger partial charge in [-0.2, -0.15) is 0 Å². The van der Waals surface area contributed by atoms with Crippen molar-refractivity contribution >= 4 is 5.91 Å². The van der Waals surface area contributed by atoms with Crippen molar-refractivity contribution < 1.29 is 23.4 Å². The zero-order valence-electron chi connectivity index (χ0n) is 14.2. The van der Waals surface area contributed by atoms with Gasteiger partial charge in [0.1, 0.15) is 17.1 Å². The highest BCUT2D eigenvalue weighted by Gasteiger charge is 2.22. The molecule has 26 heavy (non-hydrogen) atoms. The number of ether oxygens (including phenoxy) is 3. The molecule has 1 aliphatic carbocycles. The predicted molar refractivity (Wildman–Crippen MR) is 91.2 cm³/mol. The van der Waals surface area contributed by atoms with E-state index in [-0.39, 0.29) is 30.2 Å². The molecule has 0 bridgehead atoms. The molecule has 2 aromatic rings. The molecule has 1 aromatic heterocycles. The molecule has 7 heteroatoms.